The zero-order valence-corrected chi connectivity index (χ0v) is 13.1. The van der Waals surface area contributed by atoms with Gasteiger partial charge in [0.2, 0.25) is 0 Å². The highest BCUT2D eigenvalue weighted by atomic mass is 35.5. The van der Waals surface area contributed by atoms with Gasteiger partial charge < -0.3 is 4.74 Å². The van der Waals surface area contributed by atoms with Gasteiger partial charge in [0, 0.05) is 16.4 Å². The lowest BCUT2D eigenvalue weighted by atomic mass is 10.3. The first-order chi connectivity index (χ1) is 10.4. The number of nitrogens with one attached hydrogen (secondary N) is 2. The van der Waals surface area contributed by atoms with E-state index in [4.69, 9.17) is 11.6 Å². The number of anilines is 2. The van der Waals surface area contributed by atoms with Crippen molar-refractivity contribution >= 4 is 39.1 Å². The van der Waals surface area contributed by atoms with E-state index < -0.39 is 16.1 Å². The van der Waals surface area contributed by atoms with Crippen LogP contribution in [0.25, 0.3) is 0 Å². The highest BCUT2D eigenvalue weighted by Gasteiger charge is 2.13. The summed E-state index contributed by atoms with van der Waals surface area (Å²) >= 11 is 5.73. The number of amides is 1. The van der Waals surface area contributed by atoms with E-state index in [1.54, 1.807) is 12.1 Å². The van der Waals surface area contributed by atoms with Crippen molar-refractivity contribution in [3.63, 3.8) is 0 Å². The Balaban J connectivity index is 2.13. The number of hydrogen-bond donors (Lipinski definition) is 2. The van der Waals surface area contributed by atoms with Crippen LogP contribution in [0.4, 0.5) is 16.2 Å². The predicted octanol–water partition coefficient (Wildman–Crippen LogP) is 3.32. The summed E-state index contributed by atoms with van der Waals surface area (Å²) in [5, 5.41) is 2.92. The first-order valence-corrected chi connectivity index (χ1v) is 8.00. The Labute approximate surface area is 133 Å². The van der Waals surface area contributed by atoms with Gasteiger partial charge in [-0.3, -0.25) is 10.0 Å². The summed E-state index contributed by atoms with van der Waals surface area (Å²) in [7, 11) is -2.44. The Morgan fingerprint density at radius 3 is 2.09 bits per heavy atom. The fourth-order valence-corrected chi connectivity index (χ4v) is 2.80. The molecule has 2 aromatic rings. The van der Waals surface area contributed by atoms with Crippen molar-refractivity contribution < 1.29 is 17.9 Å². The molecule has 6 nitrogen and oxygen atoms in total. The van der Waals surface area contributed by atoms with E-state index >= 15 is 0 Å². The van der Waals surface area contributed by atoms with Gasteiger partial charge in [-0.25, -0.2) is 13.2 Å². The van der Waals surface area contributed by atoms with Crippen molar-refractivity contribution in [3.05, 3.63) is 53.6 Å². The first-order valence-electron chi connectivity index (χ1n) is 6.14. The molecule has 0 saturated heterocycles. The summed E-state index contributed by atoms with van der Waals surface area (Å²) in [6.07, 6.45) is -0.602. The number of rotatable bonds is 4. The molecule has 2 aromatic carbocycles. The fraction of sp³-hybridized carbons (Fsp3) is 0.0714. The molecule has 2 N–H and O–H groups in total. The standard InChI is InChI=1S/C14H13ClN2O4S/c1-21-14(18)16-11-4-6-12(7-5-11)17-22(19,20)13-8-2-10(15)3-9-13/h2-9,17H,1H3,(H,16,18). The molecule has 116 valence electrons. The van der Waals surface area contributed by atoms with Crippen molar-refractivity contribution in [2.75, 3.05) is 17.1 Å². The lowest BCUT2D eigenvalue weighted by Gasteiger charge is -2.09. The zero-order valence-electron chi connectivity index (χ0n) is 11.5. The molecule has 0 saturated carbocycles. The van der Waals surface area contributed by atoms with E-state index in [1.807, 2.05) is 0 Å². The molecule has 0 aliphatic carbocycles. The van der Waals surface area contributed by atoms with Gasteiger partial charge in [0.05, 0.1) is 12.0 Å². The smallest absolute Gasteiger partial charge is 0.411 e. The molecule has 0 aromatic heterocycles. The third kappa shape index (κ3) is 4.12. The number of benzene rings is 2. The second-order valence-electron chi connectivity index (χ2n) is 4.25. The minimum absolute atomic E-state index is 0.105. The molecule has 0 bridgehead atoms. The van der Waals surface area contributed by atoms with E-state index in [0.29, 0.717) is 16.4 Å². The number of hydrogen-bond acceptors (Lipinski definition) is 4. The predicted molar refractivity (Wildman–Crippen MR) is 84.7 cm³/mol. The van der Waals surface area contributed by atoms with E-state index in [0.717, 1.165) is 0 Å². The molecule has 0 spiro atoms. The molecular formula is C14H13ClN2O4S. The fourth-order valence-electron chi connectivity index (χ4n) is 1.62. The van der Waals surface area contributed by atoms with Crippen molar-refractivity contribution in [1.29, 1.82) is 0 Å². The van der Waals surface area contributed by atoms with E-state index in [1.165, 1.54) is 43.5 Å². The summed E-state index contributed by atoms with van der Waals surface area (Å²) in [5.41, 5.74) is 0.853. The summed E-state index contributed by atoms with van der Waals surface area (Å²) < 4.78 is 31.2. The maximum absolute atomic E-state index is 12.2. The molecule has 0 aliphatic rings. The number of carbonyl (C=O) groups excluding carboxylic acids is 1. The molecule has 22 heavy (non-hydrogen) atoms. The van der Waals surface area contributed by atoms with Crippen LogP contribution in [0.2, 0.25) is 5.02 Å². The molecule has 1 amide bonds. The molecule has 0 heterocycles. The number of methoxy groups -OCH3 is 1. The molecule has 8 heteroatoms. The van der Waals surface area contributed by atoms with Crippen molar-refractivity contribution in [2.45, 2.75) is 4.90 Å². The van der Waals surface area contributed by atoms with E-state index in [2.05, 4.69) is 14.8 Å². The van der Waals surface area contributed by atoms with Gasteiger partial charge in [-0.2, -0.15) is 0 Å². The van der Waals surface area contributed by atoms with Gasteiger partial charge in [-0.05, 0) is 48.5 Å². The summed E-state index contributed by atoms with van der Waals surface area (Å²) in [4.78, 5) is 11.2. The topological polar surface area (TPSA) is 84.5 Å². The van der Waals surface area contributed by atoms with Crippen molar-refractivity contribution in [3.8, 4) is 0 Å². The largest absolute Gasteiger partial charge is 0.453 e. The van der Waals surface area contributed by atoms with Gasteiger partial charge in [0.25, 0.3) is 10.0 Å². The normalized spacial score (nSPS) is 10.8. The Kier molecular flexibility index (Phi) is 4.89. The first kappa shape index (κ1) is 16.1. The van der Waals surface area contributed by atoms with Crippen LogP contribution in [-0.4, -0.2) is 21.6 Å². The average Bonchev–Trinajstić information content (AvgIpc) is 2.49. The highest BCUT2D eigenvalue weighted by Crippen LogP contribution is 2.19. The maximum atomic E-state index is 12.2. The Bertz CT molecular complexity index is 758. The maximum Gasteiger partial charge on any atom is 0.411 e. The molecule has 0 aliphatic heterocycles. The number of ether oxygens (including phenoxy) is 1. The van der Waals surface area contributed by atoms with Crippen LogP contribution in [0.5, 0.6) is 0 Å². The minimum atomic E-state index is -3.69. The van der Waals surface area contributed by atoms with Crippen LogP contribution in [-0.2, 0) is 14.8 Å². The number of halogens is 1. The monoisotopic (exact) mass is 340 g/mol. The van der Waals surface area contributed by atoms with Crippen LogP contribution in [0.3, 0.4) is 0 Å². The van der Waals surface area contributed by atoms with E-state index in [-0.39, 0.29) is 4.90 Å². The highest BCUT2D eigenvalue weighted by molar-refractivity contribution is 7.92. The average molecular weight is 341 g/mol. The van der Waals surface area contributed by atoms with Crippen LogP contribution in [0.1, 0.15) is 0 Å². The van der Waals surface area contributed by atoms with Gasteiger partial charge in [-0.15, -0.1) is 0 Å². The Morgan fingerprint density at radius 1 is 1.00 bits per heavy atom. The molecule has 0 atom stereocenters. The third-order valence-corrected chi connectivity index (χ3v) is 4.34. The molecule has 0 unspecified atom stereocenters. The Morgan fingerprint density at radius 2 is 1.55 bits per heavy atom. The van der Waals surface area contributed by atoms with Crippen LogP contribution in [0.15, 0.2) is 53.4 Å². The quantitative estimate of drug-likeness (QED) is 0.894. The summed E-state index contributed by atoms with van der Waals surface area (Å²) in [6.45, 7) is 0. The molecular weight excluding hydrogens is 328 g/mol. The van der Waals surface area contributed by atoms with Gasteiger partial charge >= 0.3 is 6.09 Å². The molecule has 0 fully saturated rings. The second kappa shape index (κ2) is 6.67. The van der Waals surface area contributed by atoms with Crippen LogP contribution in [0, 0.1) is 0 Å². The van der Waals surface area contributed by atoms with Gasteiger partial charge in [0.15, 0.2) is 0 Å². The Hall–Kier alpha value is -2.25. The molecule has 2 rings (SSSR count). The summed E-state index contributed by atoms with van der Waals surface area (Å²) in [6, 6.07) is 12.0. The van der Waals surface area contributed by atoms with E-state index in [9.17, 15) is 13.2 Å². The number of sulfonamides is 1. The lowest BCUT2D eigenvalue weighted by molar-refractivity contribution is 0.187. The number of carbonyl (C=O) groups is 1. The van der Waals surface area contributed by atoms with Crippen molar-refractivity contribution in [1.82, 2.24) is 0 Å². The lowest BCUT2D eigenvalue weighted by Crippen LogP contribution is -2.13. The van der Waals surface area contributed by atoms with Crippen molar-refractivity contribution in [2.24, 2.45) is 0 Å². The SMILES string of the molecule is COC(=O)Nc1ccc(NS(=O)(=O)c2ccc(Cl)cc2)cc1. The van der Waals surface area contributed by atoms with Crippen LogP contribution < -0.4 is 10.0 Å². The molecule has 0 radical (unpaired) electrons. The third-order valence-electron chi connectivity index (χ3n) is 2.69. The van der Waals surface area contributed by atoms with Crippen LogP contribution >= 0.6 is 11.6 Å². The minimum Gasteiger partial charge on any atom is -0.453 e. The zero-order chi connectivity index (χ0) is 16.2. The van der Waals surface area contributed by atoms with Gasteiger partial charge in [0.1, 0.15) is 0 Å². The van der Waals surface area contributed by atoms with Gasteiger partial charge in [-0.1, -0.05) is 11.6 Å². The second-order valence-corrected chi connectivity index (χ2v) is 6.37. The summed E-state index contributed by atoms with van der Waals surface area (Å²) in [5.74, 6) is 0.